The fourth-order valence-electron chi connectivity index (χ4n) is 2.32. The van der Waals surface area contributed by atoms with Gasteiger partial charge in [-0.05, 0) is 18.6 Å². The molecule has 1 aromatic carbocycles. The van der Waals surface area contributed by atoms with Crippen LogP contribution in [-0.2, 0) is 9.59 Å². The number of amides is 2. The summed E-state index contributed by atoms with van der Waals surface area (Å²) in [5.41, 5.74) is 2.72. The minimum Gasteiger partial charge on any atom is -0.293 e. The lowest BCUT2D eigenvalue weighted by Gasteiger charge is -2.28. The van der Waals surface area contributed by atoms with Gasteiger partial charge in [0.25, 0.3) is 17.5 Å². The number of hydrogen-bond acceptors (Lipinski definition) is 5. The predicted octanol–water partition coefficient (Wildman–Crippen LogP) is 1.67. The van der Waals surface area contributed by atoms with Gasteiger partial charge in [-0.2, -0.15) is 0 Å². The van der Waals surface area contributed by atoms with Crippen LogP contribution in [0.5, 0.6) is 0 Å². The highest BCUT2D eigenvalue weighted by Crippen LogP contribution is 2.33. The minimum absolute atomic E-state index is 0.0852. The van der Waals surface area contributed by atoms with Crippen molar-refractivity contribution in [3.63, 3.8) is 0 Å². The molecule has 0 fully saturated rings. The van der Waals surface area contributed by atoms with Gasteiger partial charge in [0.05, 0.1) is 4.92 Å². The highest BCUT2D eigenvalue weighted by molar-refractivity contribution is 6.27. The molecule has 130 valence electrons. The third kappa shape index (κ3) is 3.92. The first kappa shape index (κ1) is 18.3. The molecule has 2 rings (SSSR count). The van der Waals surface area contributed by atoms with Crippen LogP contribution in [0, 0.1) is 15.5 Å². The van der Waals surface area contributed by atoms with Gasteiger partial charge in [-0.15, -0.1) is 11.6 Å². The summed E-state index contributed by atoms with van der Waals surface area (Å²) in [5, 5.41) is 10.7. The molecule has 2 amide bonds. The van der Waals surface area contributed by atoms with Crippen molar-refractivity contribution in [1.29, 1.82) is 0 Å². The van der Waals surface area contributed by atoms with Gasteiger partial charge in [0.1, 0.15) is 11.3 Å². The van der Waals surface area contributed by atoms with Crippen LogP contribution < -0.4 is 10.9 Å². The van der Waals surface area contributed by atoms with Crippen LogP contribution in [0.25, 0.3) is 0 Å². The van der Waals surface area contributed by atoms with Gasteiger partial charge < -0.3 is 0 Å². The van der Waals surface area contributed by atoms with Crippen molar-refractivity contribution in [2.45, 2.75) is 6.42 Å². The van der Waals surface area contributed by atoms with E-state index in [4.69, 9.17) is 11.6 Å². The maximum Gasteiger partial charge on any atom is 0.269 e. The number of hydrazine groups is 1. The monoisotopic (exact) mass is 363 g/mol. The molecule has 9 heteroatoms. The van der Waals surface area contributed by atoms with E-state index in [-0.39, 0.29) is 23.6 Å². The Labute approximate surface area is 147 Å². The molecule has 0 bridgehead atoms. The Morgan fingerprint density at radius 2 is 1.84 bits per heavy atom. The number of nitrogens with one attached hydrogen (secondary N) is 2. The summed E-state index contributed by atoms with van der Waals surface area (Å²) in [6, 6.07) is 4.96. The summed E-state index contributed by atoms with van der Waals surface area (Å²) in [5.74, 6) is -2.24. The molecular formula is C16H14ClN3O5. The Morgan fingerprint density at radius 1 is 1.16 bits per heavy atom. The van der Waals surface area contributed by atoms with Crippen molar-refractivity contribution in [3.8, 4) is 0 Å². The largest absolute Gasteiger partial charge is 0.293 e. The molecule has 8 nitrogen and oxygen atoms in total. The van der Waals surface area contributed by atoms with Crippen LogP contribution >= 0.6 is 11.6 Å². The number of ketones is 1. The van der Waals surface area contributed by atoms with E-state index in [1.54, 1.807) is 18.2 Å². The number of non-ortho nitro benzene ring substituents is 1. The first-order valence-corrected chi connectivity index (χ1v) is 7.73. The lowest BCUT2D eigenvalue weighted by atomic mass is 9.74. The summed E-state index contributed by atoms with van der Waals surface area (Å²) in [6.45, 7) is 0. The highest BCUT2D eigenvalue weighted by atomic mass is 35.5. The van der Waals surface area contributed by atoms with E-state index in [1.807, 2.05) is 0 Å². The average molecular weight is 364 g/mol. The summed E-state index contributed by atoms with van der Waals surface area (Å²) >= 11 is 5.34. The van der Waals surface area contributed by atoms with Crippen LogP contribution in [0.4, 0.5) is 5.69 Å². The fourth-order valence-corrected chi connectivity index (χ4v) is 2.39. The average Bonchev–Trinajstić information content (AvgIpc) is 2.65. The number of halogens is 1. The predicted molar refractivity (Wildman–Crippen MR) is 89.8 cm³/mol. The van der Waals surface area contributed by atoms with Crippen molar-refractivity contribution < 1.29 is 19.3 Å². The Balaban J connectivity index is 2.30. The Bertz CT molecular complexity index is 772. The molecule has 0 aliphatic heterocycles. The zero-order chi connectivity index (χ0) is 18.4. The number of nitro groups is 1. The van der Waals surface area contributed by atoms with E-state index in [0.29, 0.717) is 0 Å². The molecule has 2 N–H and O–H groups in total. The molecule has 0 radical (unpaired) electrons. The van der Waals surface area contributed by atoms with Crippen molar-refractivity contribution in [1.82, 2.24) is 10.9 Å². The summed E-state index contributed by atoms with van der Waals surface area (Å²) < 4.78 is 0. The number of nitro benzene ring substituents is 1. The molecule has 1 aliphatic rings. The number of carbonyl (C=O) groups excluding carboxylic acids is 3. The number of allylic oxidation sites excluding steroid dienone is 3. The van der Waals surface area contributed by atoms with Crippen LogP contribution in [0.15, 0.2) is 48.6 Å². The molecule has 1 aliphatic carbocycles. The number of nitrogens with zero attached hydrogens (tertiary/aromatic N) is 1. The second-order valence-corrected chi connectivity index (χ2v) is 5.50. The second kappa shape index (κ2) is 7.71. The quantitative estimate of drug-likeness (QED) is 0.271. The topological polar surface area (TPSA) is 118 Å². The molecule has 25 heavy (non-hydrogen) atoms. The Hall–Kier alpha value is -3.00. The Morgan fingerprint density at radius 3 is 2.36 bits per heavy atom. The van der Waals surface area contributed by atoms with E-state index in [9.17, 15) is 24.5 Å². The number of carbonyl (C=O) groups is 3. The van der Waals surface area contributed by atoms with E-state index < -0.39 is 27.9 Å². The second-order valence-electron chi connectivity index (χ2n) is 5.23. The summed E-state index contributed by atoms with van der Waals surface area (Å²) in [4.78, 5) is 46.8. The number of rotatable bonds is 5. The van der Waals surface area contributed by atoms with E-state index in [2.05, 4.69) is 10.9 Å². The molecule has 1 atom stereocenters. The zero-order valence-corrected chi connectivity index (χ0v) is 13.7. The smallest absolute Gasteiger partial charge is 0.269 e. The van der Waals surface area contributed by atoms with Gasteiger partial charge in [0.15, 0.2) is 5.78 Å². The first-order chi connectivity index (χ1) is 11.9. The van der Waals surface area contributed by atoms with Gasteiger partial charge in [-0.3, -0.25) is 35.3 Å². The molecule has 0 aromatic heterocycles. The number of hydrogen-bond donors (Lipinski definition) is 2. The molecule has 0 saturated carbocycles. The third-order valence-corrected chi connectivity index (χ3v) is 3.90. The Kier molecular flexibility index (Phi) is 5.66. The van der Waals surface area contributed by atoms with E-state index >= 15 is 0 Å². The van der Waals surface area contributed by atoms with Crippen molar-refractivity contribution in [3.05, 3.63) is 64.2 Å². The minimum atomic E-state index is -1.57. The molecule has 0 saturated heterocycles. The van der Waals surface area contributed by atoms with Gasteiger partial charge in [-0.1, -0.05) is 24.3 Å². The maximum atomic E-state index is 12.9. The van der Waals surface area contributed by atoms with Gasteiger partial charge in [-0.25, -0.2) is 0 Å². The van der Waals surface area contributed by atoms with Gasteiger partial charge in [0, 0.05) is 17.7 Å². The normalized spacial score (nSPS) is 18.4. The number of alkyl halides is 1. The van der Waals surface area contributed by atoms with Crippen molar-refractivity contribution >= 4 is 34.9 Å². The molecule has 0 spiro atoms. The van der Waals surface area contributed by atoms with Crippen molar-refractivity contribution in [2.75, 3.05) is 5.88 Å². The lowest BCUT2D eigenvalue weighted by molar-refractivity contribution is -0.384. The SMILES string of the molecule is O=C(CCl)NNC(=O)C1(C(=O)c2ccc([N+](=O)[O-])cc2)C=CC=CC1. The van der Waals surface area contributed by atoms with Crippen LogP contribution in [0.3, 0.4) is 0 Å². The molecule has 1 aromatic rings. The number of Topliss-reactive ketones (excluding diaryl/α,β-unsaturated/α-hetero) is 1. The summed E-state index contributed by atoms with van der Waals surface area (Å²) in [7, 11) is 0. The lowest BCUT2D eigenvalue weighted by Crippen LogP contribution is -2.52. The van der Waals surface area contributed by atoms with E-state index in [1.165, 1.54) is 30.3 Å². The molecular weight excluding hydrogens is 350 g/mol. The standard InChI is InChI=1S/C16H14ClN3O5/c17-10-13(21)18-19-15(23)16(8-2-1-3-9-16)14(22)11-4-6-12(7-5-11)20(24)25/h1-8H,9-10H2,(H,18,21)(H,19,23). The van der Waals surface area contributed by atoms with Crippen LogP contribution in [0.1, 0.15) is 16.8 Å². The summed E-state index contributed by atoms with van der Waals surface area (Å²) in [6.07, 6.45) is 6.40. The van der Waals surface area contributed by atoms with Gasteiger partial charge in [0.2, 0.25) is 0 Å². The number of benzene rings is 1. The van der Waals surface area contributed by atoms with Crippen LogP contribution in [-0.4, -0.2) is 28.4 Å². The highest BCUT2D eigenvalue weighted by Gasteiger charge is 2.44. The van der Waals surface area contributed by atoms with E-state index in [0.717, 1.165) is 0 Å². The van der Waals surface area contributed by atoms with Crippen molar-refractivity contribution in [2.24, 2.45) is 5.41 Å². The first-order valence-electron chi connectivity index (χ1n) is 7.19. The molecule has 0 heterocycles. The fraction of sp³-hybridized carbons (Fsp3) is 0.188. The van der Waals surface area contributed by atoms with Crippen LogP contribution in [0.2, 0.25) is 0 Å². The van der Waals surface area contributed by atoms with Gasteiger partial charge >= 0.3 is 0 Å². The molecule has 1 unspecified atom stereocenters. The zero-order valence-electron chi connectivity index (χ0n) is 12.9. The third-order valence-electron chi connectivity index (χ3n) is 3.66. The maximum absolute atomic E-state index is 12.9.